The maximum Gasteiger partial charge on any atom is 0.294 e. The highest BCUT2D eigenvalue weighted by Crippen LogP contribution is 2.11. The highest BCUT2D eigenvalue weighted by atomic mass is 32.2. The maximum atomic E-state index is 10.9. The van der Waals surface area contributed by atoms with Crippen LogP contribution in [0.2, 0.25) is 0 Å². The first kappa shape index (κ1) is 13.6. The molecule has 0 atom stereocenters. The zero-order chi connectivity index (χ0) is 13.7. The Morgan fingerprint density at radius 3 is 2.16 bits per heavy atom. The number of benzene rings is 2. The Hall–Kier alpha value is -1.85. The van der Waals surface area contributed by atoms with Gasteiger partial charge in [0, 0.05) is 12.2 Å². The van der Waals surface area contributed by atoms with E-state index in [1.165, 1.54) is 12.1 Å². The van der Waals surface area contributed by atoms with Crippen LogP contribution in [0.1, 0.15) is 5.56 Å². The van der Waals surface area contributed by atoms with Crippen molar-refractivity contribution in [2.45, 2.75) is 11.3 Å². The topological polar surface area (TPSA) is 66.4 Å². The van der Waals surface area contributed by atoms with Crippen molar-refractivity contribution in [2.24, 2.45) is 0 Å². The van der Waals surface area contributed by atoms with E-state index in [-0.39, 0.29) is 4.90 Å². The van der Waals surface area contributed by atoms with Crippen molar-refractivity contribution in [2.75, 3.05) is 11.9 Å². The van der Waals surface area contributed by atoms with E-state index in [0.29, 0.717) is 0 Å². The second-order valence-corrected chi connectivity index (χ2v) is 5.58. The summed E-state index contributed by atoms with van der Waals surface area (Å²) in [5.74, 6) is 0. The summed E-state index contributed by atoms with van der Waals surface area (Å²) in [5.41, 5.74) is 2.06. The average Bonchev–Trinajstić information content (AvgIpc) is 2.39. The molecule has 0 aliphatic rings. The van der Waals surface area contributed by atoms with Crippen molar-refractivity contribution in [1.29, 1.82) is 0 Å². The molecule has 2 aromatic rings. The van der Waals surface area contributed by atoms with E-state index in [4.69, 9.17) is 4.55 Å². The van der Waals surface area contributed by atoms with Crippen molar-refractivity contribution in [3.8, 4) is 0 Å². The molecule has 0 unspecified atom stereocenters. The van der Waals surface area contributed by atoms with E-state index in [2.05, 4.69) is 5.32 Å². The van der Waals surface area contributed by atoms with Crippen LogP contribution in [0.25, 0.3) is 0 Å². The molecule has 0 aliphatic heterocycles. The first-order valence-corrected chi connectivity index (χ1v) is 7.35. The second kappa shape index (κ2) is 5.86. The van der Waals surface area contributed by atoms with E-state index < -0.39 is 10.1 Å². The molecule has 0 aromatic heterocycles. The highest BCUT2D eigenvalue weighted by molar-refractivity contribution is 7.85. The standard InChI is InChI=1S/C14H15NO3S/c16-19(17,18)14-8-6-12(7-9-14)10-11-15-13-4-2-1-3-5-13/h1-9,15H,10-11H2,(H,16,17,18). The van der Waals surface area contributed by atoms with Crippen molar-refractivity contribution < 1.29 is 13.0 Å². The van der Waals surface area contributed by atoms with E-state index in [1.54, 1.807) is 12.1 Å². The van der Waals surface area contributed by atoms with Crippen molar-refractivity contribution in [1.82, 2.24) is 0 Å². The molecule has 0 saturated carbocycles. The lowest BCUT2D eigenvalue weighted by Gasteiger charge is -2.06. The number of rotatable bonds is 5. The van der Waals surface area contributed by atoms with Gasteiger partial charge in [-0.3, -0.25) is 4.55 Å². The van der Waals surface area contributed by atoms with Crippen LogP contribution < -0.4 is 5.32 Å². The first-order chi connectivity index (χ1) is 9.05. The van der Waals surface area contributed by atoms with E-state index in [0.717, 1.165) is 24.2 Å². The molecule has 0 aliphatic carbocycles. The molecule has 0 bridgehead atoms. The normalized spacial score (nSPS) is 11.2. The van der Waals surface area contributed by atoms with Gasteiger partial charge in [0.05, 0.1) is 4.90 Å². The van der Waals surface area contributed by atoms with Gasteiger partial charge in [0.2, 0.25) is 0 Å². The van der Waals surface area contributed by atoms with E-state index in [9.17, 15) is 8.42 Å². The summed E-state index contributed by atoms with van der Waals surface area (Å²) >= 11 is 0. The summed E-state index contributed by atoms with van der Waals surface area (Å²) < 4.78 is 30.6. The summed E-state index contributed by atoms with van der Waals surface area (Å²) in [4.78, 5) is -0.0766. The number of hydrogen-bond acceptors (Lipinski definition) is 3. The van der Waals surface area contributed by atoms with Gasteiger partial charge in [0.15, 0.2) is 0 Å². The Labute approximate surface area is 112 Å². The zero-order valence-electron chi connectivity index (χ0n) is 10.3. The average molecular weight is 277 g/mol. The van der Waals surface area contributed by atoms with Gasteiger partial charge < -0.3 is 5.32 Å². The molecule has 5 heteroatoms. The lowest BCUT2D eigenvalue weighted by Crippen LogP contribution is -2.05. The molecule has 0 radical (unpaired) electrons. The lowest BCUT2D eigenvalue weighted by molar-refractivity contribution is 0.483. The van der Waals surface area contributed by atoms with Crippen LogP contribution in [-0.4, -0.2) is 19.5 Å². The van der Waals surface area contributed by atoms with Crippen molar-refractivity contribution in [3.63, 3.8) is 0 Å². The Bertz CT molecular complexity index is 622. The molecule has 4 nitrogen and oxygen atoms in total. The third-order valence-corrected chi connectivity index (χ3v) is 3.61. The van der Waals surface area contributed by atoms with Crippen LogP contribution in [0.15, 0.2) is 59.5 Å². The number of anilines is 1. The smallest absolute Gasteiger partial charge is 0.294 e. The molecule has 0 fully saturated rings. The SMILES string of the molecule is O=S(=O)(O)c1ccc(CCNc2ccccc2)cc1. The highest BCUT2D eigenvalue weighted by Gasteiger charge is 2.07. The second-order valence-electron chi connectivity index (χ2n) is 4.16. The fourth-order valence-corrected chi connectivity index (χ4v) is 2.22. The van der Waals surface area contributed by atoms with Crippen molar-refractivity contribution >= 4 is 15.8 Å². The fraction of sp³-hybridized carbons (Fsp3) is 0.143. The molecule has 0 spiro atoms. The van der Waals surface area contributed by atoms with Crippen LogP contribution in [0.4, 0.5) is 5.69 Å². The number of hydrogen-bond donors (Lipinski definition) is 2. The molecule has 100 valence electrons. The van der Waals surface area contributed by atoms with E-state index in [1.807, 2.05) is 30.3 Å². The molecule has 0 amide bonds. The Morgan fingerprint density at radius 2 is 1.58 bits per heavy atom. The third-order valence-electron chi connectivity index (χ3n) is 2.74. The van der Waals surface area contributed by atoms with Gasteiger partial charge in [-0.25, -0.2) is 0 Å². The lowest BCUT2D eigenvalue weighted by atomic mass is 10.1. The minimum atomic E-state index is -4.10. The zero-order valence-corrected chi connectivity index (χ0v) is 11.1. The van der Waals surface area contributed by atoms with Crippen LogP contribution in [0, 0.1) is 0 Å². The monoisotopic (exact) mass is 277 g/mol. The van der Waals surface area contributed by atoms with Gasteiger partial charge in [-0.05, 0) is 36.2 Å². The third kappa shape index (κ3) is 4.08. The molecule has 2 rings (SSSR count). The largest absolute Gasteiger partial charge is 0.385 e. The molecular weight excluding hydrogens is 262 g/mol. The van der Waals surface area contributed by atoms with Crippen LogP contribution in [0.3, 0.4) is 0 Å². The number of para-hydroxylation sites is 1. The minimum Gasteiger partial charge on any atom is -0.385 e. The van der Waals surface area contributed by atoms with E-state index >= 15 is 0 Å². The quantitative estimate of drug-likeness (QED) is 0.824. The first-order valence-electron chi connectivity index (χ1n) is 5.91. The summed E-state index contributed by atoms with van der Waals surface area (Å²) in [6.07, 6.45) is 0.778. The van der Waals surface area contributed by atoms with Gasteiger partial charge >= 0.3 is 0 Å². The summed E-state index contributed by atoms with van der Waals surface area (Å²) in [5, 5.41) is 3.27. The Kier molecular flexibility index (Phi) is 4.19. The van der Waals surface area contributed by atoms with Gasteiger partial charge in [-0.2, -0.15) is 8.42 Å². The van der Waals surface area contributed by atoms with Gasteiger partial charge in [0.25, 0.3) is 10.1 Å². The summed E-state index contributed by atoms with van der Waals surface area (Å²) in [6, 6.07) is 16.1. The fourth-order valence-electron chi connectivity index (χ4n) is 1.74. The number of nitrogens with one attached hydrogen (secondary N) is 1. The molecule has 0 saturated heterocycles. The molecule has 19 heavy (non-hydrogen) atoms. The predicted octanol–water partition coefficient (Wildman–Crippen LogP) is 2.59. The van der Waals surface area contributed by atoms with Gasteiger partial charge in [0.1, 0.15) is 0 Å². The minimum absolute atomic E-state index is 0.0766. The van der Waals surface area contributed by atoms with Crippen molar-refractivity contribution in [3.05, 3.63) is 60.2 Å². The molecule has 2 N–H and O–H groups in total. The predicted molar refractivity (Wildman–Crippen MR) is 74.9 cm³/mol. The summed E-state index contributed by atoms with van der Waals surface area (Å²) in [7, 11) is -4.10. The Balaban J connectivity index is 1.90. The molecular formula is C14H15NO3S. The Morgan fingerprint density at radius 1 is 0.947 bits per heavy atom. The van der Waals surface area contributed by atoms with Gasteiger partial charge in [-0.15, -0.1) is 0 Å². The summed E-state index contributed by atoms with van der Waals surface area (Å²) in [6.45, 7) is 0.759. The van der Waals surface area contributed by atoms with Crippen LogP contribution >= 0.6 is 0 Å². The molecule has 2 aromatic carbocycles. The van der Waals surface area contributed by atoms with Crippen LogP contribution in [0.5, 0.6) is 0 Å². The van der Waals surface area contributed by atoms with Gasteiger partial charge in [-0.1, -0.05) is 30.3 Å². The van der Waals surface area contributed by atoms with Crippen LogP contribution in [-0.2, 0) is 16.5 Å². The molecule has 0 heterocycles. The maximum absolute atomic E-state index is 10.9.